The third kappa shape index (κ3) is 29.4. The predicted octanol–water partition coefficient (Wildman–Crippen LogP) is 5.30. The van der Waals surface area contributed by atoms with Crippen molar-refractivity contribution in [2.45, 2.75) is 110 Å². The summed E-state index contributed by atoms with van der Waals surface area (Å²) in [6, 6.07) is 0. The number of hydrogen-bond acceptors (Lipinski definition) is 3. The minimum absolute atomic E-state index is 0.330. The van der Waals surface area contributed by atoms with E-state index < -0.39 is 5.97 Å². The maximum absolute atomic E-state index is 10.2. The van der Waals surface area contributed by atoms with Crippen molar-refractivity contribution in [1.29, 1.82) is 0 Å². The first-order valence-electron chi connectivity index (χ1n) is 10.1. The van der Waals surface area contributed by atoms with Crippen LogP contribution >= 0.6 is 0 Å². The molecule has 0 aromatic carbocycles. The molecule has 0 fully saturated rings. The van der Waals surface area contributed by atoms with E-state index in [-0.39, 0.29) is 0 Å². The maximum Gasteiger partial charge on any atom is 0.303 e. The van der Waals surface area contributed by atoms with Gasteiger partial charge in [-0.15, -0.1) is 0 Å². The highest BCUT2D eigenvalue weighted by Crippen LogP contribution is 2.09. The van der Waals surface area contributed by atoms with Crippen LogP contribution in [0.1, 0.15) is 110 Å². The van der Waals surface area contributed by atoms with Crippen molar-refractivity contribution in [3.8, 4) is 0 Å². The molecule has 3 N–H and O–H groups in total. The molecule has 0 aromatic heterocycles. The largest absolute Gasteiger partial charge is 0.481 e. The normalized spacial score (nSPS) is 10.3. The van der Waals surface area contributed by atoms with E-state index >= 15 is 0 Å². The molecule has 0 aliphatic heterocycles. The van der Waals surface area contributed by atoms with E-state index in [1.54, 1.807) is 0 Å². The molecule has 0 heterocycles. The predicted molar refractivity (Wildman–Crippen MR) is 101 cm³/mol. The topological polar surface area (TPSA) is 77.8 Å². The van der Waals surface area contributed by atoms with Crippen LogP contribution in [0, 0.1) is 0 Å². The number of carbonyl (C=O) groups is 1. The summed E-state index contributed by atoms with van der Waals surface area (Å²) in [5.74, 6) is -0.661. The first kappa shape index (κ1) is 25.6. The van der Waals surface area contributed by atoms with Crippen LogP contribution in [0.2, 0.25) is 0 Å². The molecule has 0 rings (SSSR count). The van der Waals surface area contributed by atoms with Gasteiger partial charge in [0, 0.05) is 19.6 Å². The molecule has 4 nitrogen and oxygen atoms in total. The lowest BCUT2D eigenvalue weighted by molar-refractivity contribution is -0.137. The minimum Gasteiger partial charge on any atom is -0.481 e. The monoisotopic (exact) mass is 346 g/mol. The van der Waals surface area contributed by atoms with Gasteiger partial charge in [0.2, 0.25) is 0 Å². The van der Waals surface area contributed by atoms with Gasteiger partial charge in [0.25, 0.3) is 0 Å². The first-order chi connectivity index (χ1) is 11.7. The van der Waals surface area contributed by atoms with Crippen LogP contribution in [0.3, 0.4) is 0 Å². The summed E-state index contributed by atoms with van der Waals surface area (Å²) >= 11 is 0. The molecular weight excluding hydrogens is 304 g/mol. The molecule has 0 spiro atoms. The fourth-order valence-electron chi connectivity index (χ4n) is 2.52. The van der Waals surface area contributed by atoms with E-state index in [9.17, 15) is 4.79 Å². The first-order valence-corrected chi connectivity index (χ1v) is 10.1. The lowest BCUT2D eigenvalue weighted by Gasteiger charge is -1.99. The molecular formula is C20H42O4. The SMILES string of the molecule is CCCCCCCCCCC(=O)O.OCCCCCCCCCO. The molecule has 0 aliphatic rings. The second-order valence-corrected chi connectivity index (χ2v) is 6.54. The highest BCUT2D eigenvalue weighted by molar-refractivity contribution is 5.66. The van der Waals surface area contributed by atoms with Gasteiger partial charge in [-0.2, -0.15) is 0 Å². The van der Waals surface area contributed by atoms with Crippen LogP contribution in [0.25, 0.3) is 0 Å². The molecule has 4 heteroatoms. The van der Waals surface area contributed by atoms with Crippen molar-refractivity contribution in [2.75, 3.05) is 13.2 Å². The summed E-state index contributed by atoms with van der Waals surface area (Å²) in [5.41, 5.74) is 0. The number of aliphatic hydroxyl groups is 2. The van der Waals surface area contributed by atoms with Gasteiger partial charge >= 0.3 is 5.97 Å². The lowest BCUT2D eigenvalue weighted by Crippen LogP contribution is -1.93. The van der Waals surface area contributed by atoms with Gasteiger partial charge in [-0.1, -0.05) is 84.0 Å². The summed E-state index contributed by atoms with van der Waals surface area (Å²) in [6.07, 6.45) is 17.9. The Balaban J connectivity index is 0. The molecule has 24 heavy (non-hydrogen) atoms. The Morgan fingerprint density at radius 1 is 0.583 bits per heavy atom. The van der Waals surface area contributed by atoms with Crippen molar-refractivity contribution >= 4 is 5.97 Å². The fourth-order valence-corrected chi connectivity index (χ4v) is 2.52. The quantitative estimate of drug-likeness (QED) is 0.312. The van der Waals surface area contributed by atoms with E-state index in [1.165, 1.54) is 57.8 Å². The van der Waals surface area contributed by atoms with E-state index in [0.717, 1.165) is 38.5 Å². The zero-order valence-corrected chi connectivity index (χ0v) is 16.0. The molecule has 0 bridgehead atoms. The molecule has 0 aliphatic carbocycles. The Hall–Kier alpha value is -0.610. The van der Waals surface area contributed by atoms with Crippen LogP contribution < -0.4 is 0 Å². The van der Waals surface area contributed by atoms with Crippen molar-refractivity contribution < 1.29 is 20.1 Å². The van der Waals surface area contributed by atoms with Crippen molar-refractivity contribution in [1.82, 2.24) is 0 Å². The van der Waals surface area contributed by atoms with Gasteiger partial charge in [-0.3, -0.25) is 4.79 Å². The van der Waals surface area contributed by atoms with Crippen LogP contribution in [-0.4, -0.2) is 34.5 Å². The number of rotatable bonds is 17. The summed E-state index contributed by atoms with van der Waals surface area (Å²) < 4.78 is 0. The second-order valence-electron chi connectivity index (χ2n) is 6.54. The third-order valence-corrected chi connectivity index (χ3v) is 4.06. The maximum atomic E-state index is 10.2. The number of aliphatic hydroxyl groups excluding tert-OH is 2. The Bertz CT molecular complexity index is 224. The van der Waals surface area contributed by atoms with Gasteiger partial charge < -0.3 is 15.3 Å². The zero-order valence-electron chi connectivity index (χ0n) is 16.0. The summed E-state index contributed by atoms with van der Waals surface area (Å²) in [4.78, 5) is 10.2. The Kier molecular flexibility index (Phi) is 26.3. The average molecular weight is 347 g/mol. The van der Waals surface area contributed by atoms with Crippen LogP contribution in [0.15, 0.2) is 0 Å². The Labute approximate surface area is 149 Å². The molecule has 0 aromatic rings. The third-order valence-electron chi connectivity index (χ3n) is 4.06. The summed E-state index contributed by atoms with van der Waals surface area (Å²) in [7, 11) is 0. The van der Waals surface area contributed by atoms with Gasteiger partial charge in [0.05, 0.1) is 0 Å². The number of carboxylic acid groups (broad SMARTS) is 1. The summed E-state index contributed by atoms with van der Waals surface area (Å²) in [5, 5.41) is 25.3. The van der Waals surface area contributed by atoms with Gasteiger partial charge in [0.1, 0.15) is 0 Å². The van der Waals surface area contributed by atoms with Gasteiger partial charge in [-0.05, 0) is 19.3 Å². The molecule has 146 valence electrons. The van der Waals surface area contributed by atoms with Crippen LogP contribution in [-0.2, 0) is 4.79 Å². The summed E-state index contributed by atoms with van der Waals surface area (Å²) in [6.45, 7) is 2.88. The van der Waals surface area contributed by atoms with Crippen LogP contribution in [0.5, 0.6) is 0 Å². The van der Waals surface area contributed by atoms with Gasteiger partial charge in [-0.25, -0.2) is 0 Å². The molecule has 0 atom stereocenters. The van der Waals surface area contributed by atoms with Crippen LogP contribution in [0.4, 0.5) is 0 Å². The van der Waals surface area contributed by atoms with E-state index in [0.29, 0.717) is 19.6 Å². The molecule has 0 unspecified atom stereocenters. The van der Waals surface area contributed by atoms with Crippen molar-refractivity contribution in [2.24, 2.45) is 0 Å². The van der Waals surface area contributed by atoms with E-state index in [1.807, 2.05) is 0 Å². The average Bonchev–Trinajstić information content (AvgIpc) is 2.57. The standard InChI is InChI=1S/C11H22O2.C9H20O2/c1-2-3-4-5-6-7-8-9-10-11(12)13;10-8-6-4-2-1-3-5-7-9-11/h2-10H2,1H3,(H,12,13);10-11H,1-9H2. The molecule has 0 radical (unpaired) electrons. The van der Waals surface area contributed by atoms with E-state index in [4.69, 9.17) is 15.3 Å². The minimum atomic E-state index is -0.661. The zero-order chi connectivity index (χ0) is 18.3. The second kappa shape index (κ2) is 24.6. The fraction of sp³-hybridized carbons (Fsp3) is 0.950. The molecule has 0 saturated heterocycles. The lowest BCUT2D eigenvalue weighted by atomic mass is 10.1. The highest BCUT2D eigenvalue weighted by atomic mass is 16.4. The highest BCUT2D eigenvalue weighted by Gasteiger charge is 1.96. The number of carboxylic acids is 1. The number of aliphatic carboxylic acids is 1. The Morgan fingerprint density at radius 3 is 1.25 bits per heavy atom. The molecule has 0 amide bonds. The number of unbranched alkanes of at least 4 members (excludes halogenated alkanes) is 13. The van der Waals surface area contributed by atoms with Gasteiger partial charge in [0.15, 0.2) is 0 Å². The molecule has 0 saturated carbocycles. The van der Waals surface area contributed by atoms with E-state index in [2.05, 4.69) is 6.92 Å². The Morgan fingerprint density at radius 2 is 0.917 bits per heavy atom. The number of hydrogen-bond donors (Lipinski definition) is 3. The van der Waals surface area contributed by atoms with Crippen molar-refractivity contribution in [3.05, 3.63) is 0 Å². The van der Waals surface area contributed by atoms with Crippen molar-refractivity contribution in [3.63, 3.8) is 0 Å². The smallest absolute Gasteiger partial charge is 0.303 e.